The van der Waals surface area contributed by atoms with E-state index in [0.29, 0.717) is 23.8 Å². The van der Waals surface area contributed by atoms with Crippen LogP contribution in [0.4, 0.5) is 5.69 Å². The summed E-state index contributed by atoms with van der Waals surface area (Å²) in [6, 6.07) is 22.5. The summed E-state index contributed by atoms with van der Waals surface area (Å²) in [6.07, 6.45) is 0. The normalized spacial score (nSPS) is 15.6. The van der Waals surface area contributed by atoms with Crippen LogP contribution in [0.2, 0.25) is 0 Å². The van der Waals surface area contributed by atoms with Crippen molar-refractivity contribution in [1.82, 2.24) is 0 Å². The Balaban J connectivity index is 1.93. The van der Waals surface area contributed by atoms with Crippen molar-refractivity contribution in [2.24, 2.45) is 4.99 Å². The highest BCUT2D eigenvalue weighted by Crippen LogP contribution is 2.38. The van der Waals surface area contributed by atoms with Crippen LogP contribution in [0.5, 0.6) is 11.5 Å². The average molecular weight is 386 g/mol. The highest BCUT2D eigenvalue weighted by atomic mass is 16.5. The molecule has 0 saturated carbocycles. The first-order chi connectivity index (χ1) is 14.2. The molecule has 4 rings (SSSR count). The van der Waals surface area contributed by atoms with Crippen LogP contribution in [0, 0.1) is 0 Å². The maximum atomic E-state index is 13.1. The fourth-order valence-electron chi connectivity index (χ4n) is 3.43. The van der Waals surface area contributed by atoms with Gasteiger partial charge < -0.3 is 14.8 Å². The third-order valence-corrected chi connectivity index (χ3v) is 4.79. The summed E-state index contributed by atoms with van der Waals surface area (Å²) in [7, 11) is 1.60. The minimum atomic E-state index is -0.652. The first kappa shape index (κ1) is 18.7. The van der Waals surface area contributed by atoms with Crippen molar-refractivity contribution < 1.29 is 14.3 Å². The number of anilines is 1. The Morgan fingerprint density at radius 3 is 2.31 bits per heavy atom. The topological polar surface area (TPSA) is 59.9 Å². The van der Waals surface area contributed by atoms with E-state index in [4.69, 9.17) is 14.5 Å². The zero-order chi connectivity index (χ0) is 20.2. The number of benzodiazepines with no additional fused rings is 1. The lowest BCUT2D eigenvalue weighted by Crippen LogP contribution is -2.18. The molecule has 5 heteroatoms. The van der Waals surface area contributed by atoms with Crippen LogP contribution in [-0.4, -0.2) is 25.3 Å². The molecule has 1 heterocycles. The third kappa shape index (κ3) is 3.72. The van der Waals surface area contributed by atoms with E-state index in [1.807, 2.05) is 73.7 Å². The average Bonchev–Trinajstić information content (AvgIpc) is 2.90. The molecule has 1 N–H and O–H groups in total. The molecule has 1 amide bonds. The van der Waals surface area contributed by atoms with Crippen LogP contribution < -0.4 is 14.8 Å². The van der Waals surface area contributed by atoms with Crippen molar-refractivity contribution in [3.63, 3.8) is 0 Å². The van der Waals surface area contributed by atoms with Crippen molar-refractivity contribution in [3.05, 3.63) is 89.5 Å². The lowest BCUT2D eigenvalue weighted by atomic mass is 9.99. The number of aliphatic imine (C=N–C) groups is 1. The molecule has 29 heavy (non-hydrogen) atoms. The van der Waals surface area contributed by atoms with Crippen molar-refractivity contribution in [2.75, 3.05) is 19.0 Å². The Labute approximate surface area is 170 Å². The van der Waals surface area contributed by atoms with E-state index in [-0.39, 0.29) is 5.91 Å². The fraction of sp³-hybridized carbons (Fsp3) is 0.167. The molecule has 1 aliphatic heterocycles. The zero-order valence-corrected chi connectivity index (χ0v) is 16.4. The molecule has 0 aromatic heterocycles. The van der Waals surface area contributed by atoms with Gasteiger partial charge in [-0.05, 0) is 18.6 Å². The quantitative estimate of drug-likeness (QED) is 0.696. The molecule has 1 aliphatic rings. The number of fused-ring (bicyclic) bond motifs is 1. The summed E-state index contributed by atoms with van der Waals surface area (Å²) in [4.78, 5) is 18.0. The number of rotatable bonds is 5. The molecule has 0 saturated heterocycles. The minimum Gasteiger partial charge on any atom is -0.493 e. The number of carbonyl (C=O) groups excluding carboxylic acids is 1. The number of carbonyl (C=O) groups is 1. The Kier molecular flexibility index (Phi) is 5.29. The van der Waals surface area contributed by atoms with Gasteiger partial charge in [0.1, 0.15) is 0 Å². The van der Waals surface area contributed by atoms with Gasteiger partial charge in [0.25, 0.3) is 5.91 Å². The summed E-state index contributed by atoms with van der Waals surface area (Å²) in [5, 5.41) is 3.03. The highest BCUT2D eigenvalue weighted by Gasteiger charge is 2.28. The first-order valence-electron chi connectivity index (χ1n) is 9.55. The van der Waals surface area contributed by atoms with Gasteiger partial charge in [0.2, 0.25) is 0 Å². The van der Waals surface area contributed by atoms with Crippen LogP contribution in [0.3, 0.4) is 0 Å². The smallest absolute Gasteiger partial charge is 0.253 e. The number of methoxy groups -OCH3 is 1. The molecule has 146 valence electrons. The number of hydrogen-bond acceptors (Lipinski definition) is 4. The minimum absolute atomic E-state index is 0.184. The second-order valence-electron chi connectivity index (χ2n) is 6.63. The van der Waals surface area contributed by atoms with E-state index >= 15 is 0 Å². The molecule has 0 aliphatic carbocycles. The van der Waals surface area contributed by atoms with E-state index in [1.54, 1.807) is 13.2 Å². The van der Waals surface area contributed by atoms with Crippen LogP contribution in [0.25, 0.3) is 0 Å². The lowest BCUT2D eigenvalue weighted by Gasteiger charge is -2.15. The van der Waals surface area contributed by atoms with Crippen molar-refractivity contribution in [3.8, 4) is 11.5 Å². The SMILES string of the molecule is CCOc1cc2c(cc1OC)C(c1ccccc1)=NC(c1ccccc1)C(=O)N2. The van der Waals surface area contributed by atoms with Gasteiger partial charge in [-0.1, -0.05) is 60.7 Å². The Morgan fingerprint density at radius 1 is 0.966 bits per heavy atom. The molecule has 3 aromatic carbocycles. The van der Waals surface area contributed by atoms with E-state index in [2.05, 4.69) is 5.32 Å². The maximum absolute atomic E-state index is 13.1. The fourth-order valence-corrected chi connectivity index (χ4v) is 3.43. The van der Waals surface area contributed by atoms with Gasteiger partial charge in [0.15, 0.2) is 17.5 Å². The molecule has 1 unspecified atom stereocenters. The number of nitrogens with zero attached hydrogens (tertiary/aromatic N) is 1. The maximum Gasteiger partial charge on any atom is 0.253 e. The van der Waals surface area contributed by atoms with E-state index in [0.717, 1.165) is 22.4 Å². The number of benzene rings is 3. The molecule has 0 fully saturated rings. The first-order valence-corrected chi connectivity index (χ1v) is 9.55. The molecule has 1 atom stereocenters. The number of ether oxygens (including phenoxy) is 2. The van der Waals surface area contributed by atoms with Gasteiger partial charge in [0, 0.05) is 17.2 Å². The highest BCUT2D eigenvalue weighted by molar-refractivity contribution is 6.20. The number of amides is 1. The Morgan fingerprint density at radius 2 is 1.66 bits per heavy atom. The van der Waals surface area contributed by atoms with Gasteiger partial charge in [0.05, 0.1) is 25.1 Å². The van der Waals surface area contributed by atoms with E-state index in [9.17, 15) is 4.79 Å². The van der Waals surface area contributed by atoms with Crippen LogP contribution in [0.1, 0.15) is 29.7 Å². The molecule has 0 spiro atoms. The predicted molar refractivity (Wildman–Crippen MR) is 114 cm³/mol. The van der Waals surface area contributed by atoms with E-state index < -0.39 is 6.04 Å². The summed E-state index contributed by atoms with van der Waals surface area (Å²) < 4.78 is 11.2. The largest absolute Gasteiger partial charge is 0.493 e. The van der Waals surface area contributed by atoms with E-state index in [1.165, 1.54) is 0 Å². The summed E-state index contributed by atoms with van der Waals surface area (Å²) >= 11 is 0. The third-order valence-electron chi connectivity index (χ3n) is 4.79. The van der Waals surface area contributed by atoms with Crippen LogP contribution >= 0.6 is 0 Å². The van der Waals surface area contributed by atoms with Gasteiger partial charge >= 0.3 is 0 Å². The molecular formula is C24H22N2O3. The van der Waals surface area contributed by atoms with Gasteiger partial charge in [-0.15, -0.1) is 0 Å². The van der Waals surface area contributed by atoms with Crippen molar-refractivity contribution in [1.29, 1.82) is 0 Å². The second kappa shape index (κ2) is 8.19. The molecule has 0 radical (unpaired) electrons. The zero-order valence-electron chi connectivity index (χ0n) is 16.4. The van der Waals surface area contributed by atoms with Crippen molar-refractivity contribution in [2.45, 2.75) is 13.0 Å². The van der Waals surface area contributed by atoms with Gasteiger partial charge in [-0.25, -0.2) is 0 Å². The summed E-state index contributed by atoms with van der Waals surface area (Å²) in [5.74, 6) is 0.997. The number of hydrogen-bond donors (Lipinski definition) is 1. The lowest BCUT2D eigenvalue weighted by molar-refractivity contribution is -0.117. The monoisotopic (exact) mass is 386 g/mol. The predicted octanol–water partition coefficient (Wildman–Crippen LogP) is 4.62. The number of nitrogens with one attached hydrogen (secondary N) is 1. The van der Waals surface area contributed by atoms with Gasteiger partial charge in [-0.3, -0.25) is 9.79 Å². The summed E-state index contributed by atoms with van der Waals surface area (Å²) in [5.41, 5.74) is 3.94. The Hall–Kier alpha value is -3.60. The standard InChI is InChI=1S/C24H22N2O3/c1-3-29-21-15-19-18(14-20(21)28-2)22(16-10-6-4-7-11-16)26-23(24(27)25-19)17-12-8-5-9-13-17/h4-15,23H,3H2,1-2H3,(H,25,27). The molecular weight excluding hydrogens is 364 g/mol. The molecule has 3 aromatic rings. The second-order valence-corrected chi connectivity index (χ2v) is 6.63. The van der Waals surface area contributed by atoms with Crippen LogP contribution in [0.15, 0.2) is 77.8 Å². The molecule has 0 bridgehead atoms. The summed E-state index contributed by atoms with van der Waals surface area (Å²) in [6.45, 7) is 2.40. The van der Waals surface area contributed by atoms with Crippen LogP contribution in [-0.2, 0) is 4.79 Å². The van der Waals surface area contributed by atoms with Gasteiger partial charge in [-0.2, -0.15) is 0 Å². The van der Waals surface area contributed by atoms with Crippen molar-refractivity contribution >= 4 is 17.3 Å². The Bertz CT molecular complexity index is 1050. The molecule has 5 nitrogen and oxygen atoms in total.